The summed E-state index contributed by atoms with van der Waals surface area (Å²) in [4.78, 5) is 22.8. The minimum atomic E-state index is -0.458. The Morgan fingerprint density at radius 3 is 2.81 bits per heavy atom. The molecule has 1 heterocycles. The molecule has 1 saturated heterocycles. The molecular formula is C14H12N4O2S. The molecule has 2 aromatic carbocycles. The van der Waals surface area contributed by atoms with Gasteiger partial charge >= 0.3 is 6.03 Å². The van der Waals surface area contributed by atoms with Crippen molar-refractivity contribution in [2.45, 2.75) is 0 Å². The molecule has 0 spiro atoms. The molecule has 6 nitrogen and oxygen atoms in total. The van der Waals surface area contributed by atoms with Crippen LogP contribution in [-0.2, 0) is 4.79 Å². The van der Waals surface area contributed by atoms with E-state index in [0.717, 1.165) is 10.8 Å². The van der Waals surface area contributed by atoms with Crippen LogP contribution in [0.3, 0.4) is 0 Å². The van der Waals surface area contributed by atoms with Crippen LogP contribution in [0.1, 0.15) is 0 Å². The zero-order chi connectivity index (χ0) is 14.7. The first-order valence-corrected chi connectivity index (χ1v) is 7.26. The Labute approximate surface area is 125 Å². The second-order valence-corrected chi connectivity index (χ2v) is 5.31. The molecule has 0 unspecified atom stereocenters. The minimum absolute atomic E-state index is 0.116. The first kappa shape index (κ1) is 13.4. The lowest BCUT2D eigenvalue weighted by atomic mass is 10.1. The zero-order valence-corrected chi connectivity index (χ0v) is 11.7. The molecule has 1 fully saturated rings. The molecule has 0 saturated carbocycles. The van der Waals surface area contributed by atoms with Crippen LogP contribution in [0.4, 0.5) is 10.5 Å². The number of hydrogen-bond acceptors (Lipinski definition) is 4. The molecule has 7 heteroatoms. The fourth-order valence-corrected chi connectivity index (χ4v) is 2.61. The fourth-order valence-electron chi connectivity index (χ4n) is 1.97. The van der Waals surface area contributed by atoms with Crippen molar-refractivity contribution >= 4 is 45.3 Å². The van der Waals surface area contributed by atoms with Crippen LogP contribution in [-0.4, -0.2) is 22.9 Å². The number of amidine groups is 1. The molecule has 3 amide bonds. The van der Waals surface area contributed by atoms with Gasteiger partial charge in [-0.25, -0.2) is 10.2 Å². The van der Waals surface area contributed by atoms with Gasteiger partial charge in [-0.05, 0) is 11.5 Å². The number of benzene rings is 2. The van der Waals surface area contributed by atoms with Gasteiger partial charge in [0.1, 0.15) is 0 Å². The van der Waals surface area contributed by atoms with Crippen molar-refractivity contribution in [3.63, 3.8) is 0 Å². The largest absolute Gasteiger partial charge is 0.339 e. The third-order valence-electron chi connectivity index (χ3n) is 2.88. The monoisotopic (exact) mass is 300 g/mol. The SMILES string of the molecule is O=C1CSC(=NNC(=O)Nc2cccc3ccccc23)N1. The zero-order valence-electron chi connectivity index (χ0n) is 10.9. The lowest BCUT2D eigenvalue weighted by Crippen LogP contribution is -2.28. The van der Waals surface area contributed by atoms with Crippen molar-refractivity contribution in [3.8, 4) is 0 Å². The van der Waals surface area contributed by atoms with E-state index in [1.54, 1.807) is 0 Å². The highest BCUT2D eigenvalue weighted by Gasteiger charge is 2.16. The molecule has 0 bridgehead atoms. The topological polar surface area (TPSA) is 82.6 Å². The summed E-state index contributed by atoms with van der Waals surface area (Å²) in [6.07, 6.45) is 0. The van der Waals surface area contributed by atoms with Crippen LogP contribution in [0.25, 0.3) is 10.8 Å². The van der Waals surface area contributed by atoms with E-state index in [0.29, 0.717) is 16.6 Å². The number of carbonyl (C=O) groups is 2. The number of anilines is 1. The minimum Gasteiger partial charge on any atom is -0.306 e. The van der Waals surface area contributed by atoms with E-state index in [4.69, 9.17) is 0 Å². The van der Waals surface area contributed by atoms with Gasteiger partial charge in [-0.1, -0.05) is 48.2 Å². The van der Waals surface area contributed by atoms with Gasteiger partial charge in [0.2, 0.25) is 5.91 Å². The molecule has 1 aliphatic rings. The van der Waals surface area contributed by atoms with Crippen LogP contribution in [0.5, 0.6) is 0 Å². The predicted octanol–water partition coefficient (Wildman–Crippen LogP) is 2.10. The maximum absolute atomic E-state index is 11.8. The normalized spacial score (nSPS) is 16.0. The van der Waals surface area contributed by atoms with Gasteiger partial charge in [-0.2, -0.15) is 0 Å². The molecule has 0 atom stereocenters. The van der Waals surface area contributed by atoms with E-state index < -0.39 is 6.03 Å². The van der Waals surface area contributed by atoms with Crippen LogP contribution in [0, 0.1) is 0 Å². The summed E-state index contributed by atoms with van der Waals surface area (Å²) in [5.41, 5.74) is 3.06. The van der Waals surface area contributed by atoms with Gasteiger partial charge in [-0.3, -0.25) is 4.79 Å². The van der Waals surface area contributed by atoms with E-state index in [9.17, 15) is 9.59 Å². The molecule has 3 N–H and O–H groups in total. The van der Waals surface area contributed by atoms with Crippen molar-refractivity contribution < 1.29 is 9.59 Å². The molecule has 1 aliphatic heterocycles. The van der Waals surface area contributed by atoms with Crippen molar-refractivity contribution in [1.29, 1.82) is 0 Å². The van der Waals surface area contributed by atoms with Crippen LogP contribution >= 0.6 is 11.8 Å². The summed E-state index contributed by atoms with van der Waals surface area (Å²) in [5, 5.41) is 11.5. The van der Waals surface area contributed by atoms with Gasteiger partial charge < -0.3 is 10.6 Å². The predicted molar refractivity (Wildman–Crippen MR) is 84.1 cm³/mol. The number of nitrogens with one attached hydrogen (secondary N) is 3. The third-order valence-corrected chi connectivity index (χ3v) is 3.76. The lowest BCUT2D eigenvalue weighted by molar-refractivity contribution is -0.116. The second-order valence-electron chi connectivity index (χ2n) is 4.35. The van der Waals surface area contributed by atoms with E-state index in [1.807, 2.05) is 42.5 Å². The third kappa shape index (κ3) is 3.14. The molecule has 3 rings (SSSR count). The Morgan fingerprint density at radius 2 is 2.00 bits per heavy atom. The number of urea groups is 1. The summed E-state index contributed by atoms with van der Waals surface area (Å²) in [6, 6.07) is 13.0. The maximum atomic E-state index is 11.8. The number of hydrazone groups is 1. The number of nitrogens with zero attached hydrogens (tertiary/aromatic N) is 1. The first-order valence-electron chi connectivity index (χ1n) is 6.27. The number of amides is 3. The van der Waals surface area contributed by atoms with Crippen LogP contribution < -0.4 is 16.1 Å². The van der Waals surface area contributed by atoms with Crippen molar-refractivity contribution in [2.24, 2.45) is 5.10 Å². The molecule has 106 valence electrons. The molecule has 0 radical (unpaired) electrons. The highest BCUT2D eigenvalue weighted by molar-refractivity contribution is 8.15. The van der Waals surface area contributed by atoms with Gasteiger partial charge in [0.05, 0.1) is 11.4 Å². The first-order chi connectivity index (χ1) is 10.2. The number of fused-ring (bicyclic) bond motifs is 1. The smallest absolute Gasteiger partial charge is 0.306 e. The highest BCUT2D eigenvalue weighted by Crippen LogP contribution is 2.22. The van der Waals surface area contributed by atoms with Gasteiger partial charge in [0, 0.05) is 5.39 Å². The van der Waals surface area contributed by atoms with Crippen molar-refractivity contribution in [3.05, 3.63) is 42.5 Å². The van der Waals surface area contributed by atoms with E-state index in [-0.39, 0.29) is 5.91 Å². The number of rotatable bonds is 2. The Balaban J connectivity index is 1.70. The fraction of sp³-hybridized carbons (Fsp3) is 0.0714. The Bertz CT molecular complexity index is 739. The summed E-state index contributed by atoms with van der Waals surface area (Å²) in [6.45, 7) is 0. The van der Waals surface area contributed by atoms with E-state index in [1.165, 1.54) is 11.8 Å². The maximum Gasteiger partial charge on any atom is 0.339 e. The van der Waals surface area contributed by atoms with Crippen molar-refractivity contribution in [2.75, 3.05) is 11.1 Å². The Kier molecular flexibility index (Phi) is 3.74. The van der Waals surface area contributed by atoms with E-state index >= 15 is 0 Å². The average molecular weight is 300 g/mol. The summed E-state index contributed by atoms with van der Waals surface area (Å²) in [7, 11) is 0. The molecule has 2 aromatic rings. The summed E-state index contributed by atoms with van der Waals surface area (Å²) < 4.78 is 0. The standard InChI is InChI=1S/C14H12N4O2S/c19-12-8-21-14(16-12)18-17-13(20)15-11-7-3-5-9-4-1-2-6-10(9)11/h1-7H,8H2,(H2,15,17,20)(H,16,18,19). The Morgan fingerprint density at radius 1 is 1.19 bits per heavy atom. The summed E-state index contributed by atoms with van der Waals surface area (Å²) in [5.74, 6) is 0.209. The van der Waals surface area contributed by atoms with E-state index in [2.05, 4.69) is 21.2 Å². The second kappa shape index (κ2) is 5.84. The number of thioether (sulfide) groups is 1. The summed E-state index contributed by atoms with van der Waals surface area (Å²) >= 11 is 1.25. The van der Waals surface area contributed by atoms with Crippen LogP contribution in [0.2, 0.25) is 0 Å². The average Bonchev–Trinajstić information content (AvgIpc) is 2.91. The number of hydrogen-bond donors (Lipinski definition) is 3. The Hall–Kier alpha value is -2.54. The quantitative estimate of drug-likeness (QED) is 0.743. The van der Waals surface area contributed by atoms with Gasteiger partial charge in [-0.15, -0.1) is 5.10 Å². The molecule has 0 aromatic heterocycles. The molecule has 0 aliphatic carbocycles. The van der Waals surface area contributed by atoms with Crippen LogP contribution in [0.15, 0.2) is 47.6 Å². The van der Waals surface area contributed by atoms with Crippen molar-refractivity contribution in [1.82, 2.24) is 10.7 Å². The number of carbonyl (C=O) groups excluding carboxylic acids is 2. The van der Waals surface area contributed by atoms with Gasteiger partial charge in [0.25, 0.3) is 0 Å². The molecule has 21 heavy (non-hydrogen) atoms. The van der Waals surface area contributed by atoms with Gasteiger partial charge in [0.15, 0.2) is 5.17 Å². The highest BCUT2D eigenvalue weighted by atomic mass is 32.2. The lowest BCUT2D eigenvalue weighted by Gasteiger charge is -2.08. The molecular weight excluding hydrogens is 288 g/mol.